The van der Waals surface area contributed by atoms with Gasteiger partial charge >= 0.3 is 0 Å². The molecule has 2 unspecified atom stereocenters. The van der Waals surface area contributed by atoms with Crippen LogP contribution in [0.25, 0.3) is 0 Å². The molecule has 1 fully saturated rings. The van der Waals surface area contributed by atoms with Gasteiger partial charge in [0.05, 0.1) is 12.1 Å². The highest BCUT2D eigenvalue weighted by Crippen LogP contribution is 2.26. The summed E-state index contributed by atoms with van der Waals surface area (Å²) in [5.74, 6) is 0. The zero-order valence-corrected chi connectivity index (χ0v) is 12.6. The van der Waals surface area contributed by atoms with E-state index in [1.165, 1.54) is 64.2 Å². The van der Waals surface area contributed by atoms with Gasteiger partial charge in [0.15, 0.2) is 0 Å². The second-order valence-corrected chi connectivity index (χ2v) is 6.07. The molecule has 110 valence electrons. The van der Waals surface area contributed by atoms with Crippen molar-refractivity contribution in [1.29, 1.82) is 0 Å². The van der Waals surface area contributed by atoms with E-state index in [1.807, 2.05) is 0 Å². The molecule has 0 spiro atoms. The molecule has 2 heteroatoms. The molecule has 0 aromatic heterocycles. The van der Waals surface area contributed by atoms with Crippen molar-refractivity contribution < 1.29 is 4.74 Å². The Labute approximate surface area is 119 Å². The molecule has 1 N–H and O–H groups in total. The summed E-state index contributed by atoms with van der Waals surface area (Å²) in [6, 6.07) is 0.485. The Balaban J connectivity index is 2.00. The first-order valence-electron chi connectivity index (χ1n) is 8.45. The number of rotatable bonds is 5. The molecule has 1 heterocycles. The van der Waals surface area contributed by atoms with Gasteiger partial charge in [-0.1, -0.05) is 31.4 Å². The molecule has 1 aliphatic heterocycles. The minimum absolute atomic E-state index is 0.422. The van der Waals surface area contributed by atoms with E-state index in [0.29, 0.717) is 12.1 Å². The summed E-state index contributed by atoms with van der Waals surface area (Å²) < 4.78 is 6.06. The van der Waals surface area contributed by atoms with E-state index in [0.717, 1.165) is 13.2 Å². The van der Waals surface area contributed by atoms with Crippen LogP contribution in [0, 0.1) is 0 Å². The third-order valence-electron chi connectivity index (χ3n) is 4.43. The Morgan fingerprint density at radius 3 is 2.89 bits per heavy atom. The fourth-order valence-corrected chi connectivity index (χ4v) is 3.33. The summed E-state index contributed by atoms with van der Waals surface area (Å²) >= 11 is 0. The topological polar surface area (TPSA) is 21.3 Å². The summed E-state index contributed by atoms with van der Waals surface area (Å²) in [6.45, 7) is 4.32. The number of allylic oxidation sites excluding steroid dienone is 1. The molecular weight excluding hydrogens is 234 g/mol. The smallest absolute Gasteiger partial charge is 0.0766 e. The normalized spacial score (nSPS) is 27.2. The first kappa shape index (κ1) is 15.1. The molecule has 0 aromatic rings. The van der Waals surface area contributed by atoms with E-state index in [1.54, 1.807) is 5.57 Å². The molecule has 1 aliphatic carbocycles. The maximum absolute atomic E-state index is 6.06. The van der Waals surface area contributed by atoms with Gasteiger partial charge in [-0.25, -0.2) is 0 Å². The van der Waals surface area contributed by atoms with Crippen LogP contribution in [-0.2, 0) is 4.74 Å². The lowest BCUT2D eigenvalue weighted by Gasteiger charge is -2.33. The van der Waals surface area contributed by atoms with Crippen LogP contribution in [0.3, 0.4) is 0 Å². The predicted molar refractivity (Wildman–Crippen MR) is 81.5 cm³/mol. The molecule has 0 aromatic carbocycles. The Morgan fingerprint density at radius 1 is 1.21 bits per heavy atom. The van der Waals surface area contributed by atoms with Crippen molar-refractivity contribution >= 4 is 0 Å². The van der Waals surface area contributed by atoms with Crippen LogP contribution in [0.15, 0.2) is 11.6 Å². The molecule has 0 radical (unpaired) electrons. The largest absolute Gasteiger partial charge is 0.376 e. The van der Waals surface area contributed by atoms with E-state index in [2.05, 4.69) is 18.3 Å². The summed E-state index contributed by atoms with van der Waals surface area (Å²) in [5, 5.41) is 3.76. The summed E-state index contributed by atoms with van der Waals surface area (Å²) in [6.07, 6.45) is 16.1. The van der Waals surface area contributed by atoms with Crippen molar-refractivity contribution in [1.82, 2.24) is 5.32 Å². The average molecular weight is 265 g/mol. The molecule has 19 heavy (non-hydrogen) atoms. The fourth-order valence-electron chi connectivity index (χ4n) is 3.33. The van der Waals surface area contributed by atoms with Crippen molar-refractivity contribution in [3.63, 3.8) is 0 Å². The maximum atomic E-state index is 6.06. The molecule has 2 aliphatic rings. The third-order valence-corrected chi connectivity index (χ3v) is 4.43. The lowest BCUT2D eigenvalue weighted by molar-refractivity contribution is -0.000682. The van der Waals surface area contributed by atoms with Crippen LogP contribution < -0.4 is 5.32 Å². The highest BCUT2D eigenvalue weighted by molar-refractivity contribution is 5.14. The highest BCUT2D eigenvalue weighted by atomic mass is 16.5. The van der Waals surface area contributed by atoms with E-state index in [-0.39, 0.29) is 0 Å². The van der Waals surface area contributed by atoms with Gasteiger partial charge in [-0.05, 0) is 57.9 Å². The van der Waals surface area contributed by atoms with Gasteiger partial charge in [0, 0.05) is 6.61 Å². The first-order chi connectivity index (χ1) is 9.42. The first-order valence-corrected chi connectivity index (χ1v) is 8.45. The number of hydrogen-bond acceptors (Lipinski definition) is 2. The Bertz CT molecular complexity index is 268. The average Bonchev–Trinajstić information content (AvgIpc) is 2.42. The van der Waals surface area contributed by atoms with E-state index in [9.17, 15) is 0 Å². The van der Waals surface area contributed by atoms with Crippen LogP contribution in [0.1, 0.15) is 71.1 Å². The van der Waals surface area contributed by atoms with Gasteiger partial charge in [-0.3, -0.25) is 0 Å². The second-order valence-electron chi connectivity index (χ2n) is 6.07. The lowest BCUT2D eigenvalue weighted by atomic mass is 9.89. The van der Waals surface area contributed by atoms with Gasteiger partial charge < -0.3 is 10.1 Å². The molecule has 0 amide bonds. The maximum Gasteiger partial charge on any atom is 0.0766 e. The van der Waals surface area contributed by atoms with Crippen LogP contribution >= 0.6 is 0 Å². The van der Waals surface area contributed by atoms with E-state index in [4.69, 9.17) is 4.74 Å². The minimum Gasteiger partial charge on any atom is -0.376 e. The summed E-state index contributed by atoms with van der Waals surface area (Å²) in [5.41, 5.74) is 1.64. The zero-order valence-electron chi connectivity index (χ0n) is 12.6. The quantitative estimate of drug-likeness (QED) is 0.752. The van der Waals surface area contributed by atoms with Crippen LogP contribution in [0.2, 0.25) is 0 Å². The van der Waals surface area contributed by atoms with Gasteiger partial charge in [0.25, 0.3) is 0 Å². The predicted octanol–water partition coefficient (Wildman–Crippen LogP) is 4.20. The van der Waals surface area contributed by atoms with E-state index >= 15 is 0 Å². The molecule has 2 nitrogen and oxygen atoms in total. The molecular formula is C17H31NO. The summed E-state index contributed by atoms with van der Waals surface area (Å²) in [4.78, 5) is 0. The minimum atomic E-state index is 0.422. The van der Waals surface area contributed by atoms with E-state index < -0.39 is 0 Å². The highest BCUT2D eigenvalue weighted by Gasteiger charge is 2.26. The Kier molecular flexibility index (Phi) is 6.94. The van der Waals surface area contributed by atoms with Crippen molar-refractivity contribution in [3.8, 4) is 0 Å². The number of hydrogen-bond donors (Lipinski definition) is 1. The molecule has 2 rings (SSSR count). The number of ether oxygens (including phenoxy) is 1. The van der Waals surface area contributed by atoms with Crippen molar-refractivity contribution in [3.05, 3.63) is 11.6 Å². The standard InChI is InChI=1S/C17H31NO/c1-2-13-18-17(16-12-8-9-14-19-16)15-10-6-4-3-5-7-11-15/h10,16-18H,2-9,11-14H2,1H3. The van der Waals surface area contributed by atoms with Crippen molar-refractivity contribution in [2.45, 2.75) is 83.3 Å². The monoisotopic (exact) mass is 265 g/mol. The Morgan fingerprint density at radius 2 is 2.11 bits per heavy atom. The third kappa shape index (κ3) is 4.92. The fraction of sp³-hybridized carbons (Fsp3) is 0.882. The van der Waals surface area contributed by atoms with Gasteiger partial charge in [0.2, 0.25) is 0 Å². The van der Waals surface area contributed by atoms with Gasteiger partial charge in [-0.2, -0.15) is 0 Å². The van der Waals surface area contributed by atoms with Crippen molar-refractivity contribution in [2.24, 2.45) is 0 Å². The molecule has 1 saturated heterocycles. The summed E-state index contributed by atoms with van der Waals surface area (Å²) in [7, 11) is 0. The number of nitrogens with one attached hydrogen (secondary N) is 1. The SMILES string of the molecule is CCCNC(C1=CCCCCCC1)C1CCCCO1. The van der Waals surface area contributed by atoms with Crippen molar-refractivity contribution in [2.75, 3.05) is 13.2 Å². The van der Waals surface area contributed by atoms with Crippen LogP contribution in [0.5, 0.6) is 0 Å². The molecule has 0 bridgehead atoms. The van der Waals surface area contributed by atoms with Gasteiger partial charge in [-0.15, -0.1) is 0 Å². The van der Waals surface area contributed by atoms with Crippen LogP contribution in [0.4, 0.5) is 0 Å². The molecule has 0 saturated carbocycles. The Hall–Kier alpha value is -0.340. The zero-order chi connectivity index (χ0) is 13.3. The van der Waals surface area contributed by atoms with Gasteiger partial charge in [0.1, 0.15) is 0 Å². The van der Waals surface area contributed by atoms with Crippen LogP contribution in [-0.4, -0.2) is 25.3 Å². The molecule has 2 atom stereocenters. The second kappa shape index (κ2) is 8.76. The lowest BCUT2D eigenvalue weighted by Crippen LogP contribution is -2.44.